The van der Waals surface area contributed by atoms with Crippen LogP contribution in [-0.4, -0.2) is 9.97 Å². The first-order valence-electron chi connectivity index (χ1n) is 4.37. The molecule has 0 aliphatic carbocycles. The maximum Gasteiger partial charge on any atom is 0.142 e. The van der Waals surface area contributed by atoms with Crippen molar-refractivity contribution in [2.75, 3.05) is 0 Å². The van der Waals surface area contributed by atoms with Crippen LogP contribution in [0.2, 0.25) is 0 Å². The van der Waals surface area contributed by atoms with Gasteiger partial charge in [0.2, 0.25) is 0 Å². The second-order valence-electron chi connectivity index (χ2n) is 2.83. The number of nitrogens with zero attached hydrogens (tertiary/aromatic N) is 2. The number of rotatable bonds is 2. The summed E-state index contributed by atoms with van der Waals surface area (Å²) in [5.41, 5.74) is 0.934. The van der Waals surface area contributed by atoms with Gasteiger partial charge in [0.1, 0.15) is 15.3 Å². The van der Waals surface area contributed by atoms with E-state index in [2.05, 4.69) is 32.8 Å². The first-order valence-corrected chi connectivity index (χ1v) is 5.98. The molecule has 0 atom stereocenters. The van der Waals surface area contributed by atoms with Crippen LogP contribution in [0, 0.1) is 0 Å². The lowest BCUT2D eigenvalue weighted by molar-refractivity contribution is 1.17. The maximum atomic E-state index is 4.36. The van der Waals surface area contributed by atoms with E-state index < -0.39 is 0 Å². The minimum absolute atomic E-state index is 0.850. The van der Waals surface area contributed by atoms with Crippen molar-refractivity contribution in [3.63, 3.8) is 0 Å². The van der Waals surface area contributed by atoms with Crippen LogP contribution in [-0.2, 0) is 6.42 Å². The molecular formula is C10H9BrN2S. The van der Waals surface area contributed by atoms with Gasteiger partial charge in [-0.05, 0) is 34.5 Å². The molecule has 0 aliphatic heterocycles. The number of aryl methyl sites for hydroxylation is 1. The molecule has 2 heterocycles. The Hall–Kier alpha value is -0.740. The molecule has 0 bridgehead atoms. The lowest BCUT2D eigenvalue weighted by Gasteiger charge is -1.94. The Kier molecular flexibility index (Phi) is 2.93. The van der Waals surface area contributed by atoms with E-state index >= 15 is 0 Å². The highest BCUT2D eigenvalue weighted by atomic mass is 79.9. The van der Waals surface area contributed by atoms with E-state index in [1.165, 1.54) is 4.88 Å². The van der Waals surface area contributed by atoms with Crippen molar-refractivity contribution in [3.8, 4) is 10.7 Å². The van der Waals surface area contributed by atoms with Crippen LogP contribution < -0.4 is 0 Å². The highest BCUT2D eigenvalue weighted by Crippen LogP contribution is 2.24. The second-order valence-corrected chi connectivity index (χ2v) is 4.76. The molecule has 4 heteroatoms. The molecule has 0 unspecified atom stereocenters. The van der Waals surface area contributed by atoms with E-state index in [-0.39, 0.29) is 0 Å². The highest BCUT2D eigenvalue weighted by molar-refractivity contribution is 9.10. The summed E-state index contributed by atoms with van der Waals surface area (Å²) in [6.45, 7) is 2.13. The number of hydrogen-bond donors (Lipinski definition) is 0. The maximum absolute atomic E-state index is 4.36. The van der Waals surface area contributed by atoms with E-state index in [4.69, 9.17) is 0 Å². The van der Waals surface area contributed by atoms with Gasteiger partial charge >= 0.3 is 0 Å². The van der Waals surface area contributed by atoms with E-state index in [1.807, 2.05) is 24.4 Å². The number of hydrogen-bond acceptors (Lipinski definition) is 3. The molecule has 0 spiro atoms. The Morgan fingerprint density at radius 3 is 2.93 bits per heavy atom. The third-order valence-corrected chi connectivity index (χ3v) is 3.44. The Morgan fingerprint density at radius 2 is 2.29 bits per heavy atom. The molecular weight excluding hydrogens is 260 g/mol. The van der Waals surface area contributed by atoms with Crippen LogP contribution in [0.1, 0.15) is 11.8 Å². The van der Waals surface area contributed by atoms with Gasteiger partial charge in [0, 0.05) is 11.1 Å². The molecule has 0 N–H and O–H groups in total. The van der Waals surface area contributed by atoms with Crippen LogP contribution in [0.5, 0.6) is 0 Å². The summed E-state index contributed by atoms with van der Waals surface area (Å²) in [7, 11) is 0. The fraction of sp³-hybridized carbons (Fsp3) is 0.200. The van der Waals surface area contributed by atoms with E-state index in [0.717, 1.165) is 21.7 Å². The summed E-state index contributed by atoms with van der Waals surface area (Å²) in [5.74, 6) is 0. The molecule has 0 amide bonds. The summed E-state index contributed by atoms with van der Waals surface area (Å²) in [4.78, 5) is 9.98. The van der Waals surface area contributed by atoms with Crippen molar-refractivity contribution in [3.05, 3.63) is 33.9 Å². The molecule has 14 heavy (non-hydrogen) atoms. The molecule has 2 aromatic heterocycles. The van der Waals surface area contributed by atoms with Crippen molar-refractivity contribution < 1.29 is 0 Å². The number of halogens is 1. The molecule has 2 aromatic rings. The lowest BCUT2D eigenvalue weighted by atomic mass is 10.4. The molecule has 0 fully saturated rings. The largest absolute Gasteiger partial charge is 0.243 e. The first kappa shape index (κ1) is 9.80. The van der Waals surface area contributed by atoms with Crippen LogP contribution in [0.15, 0.2) is 29.0 Å². The van der Waals surface area contributed by atoms with E-state index in [0.29, 0.717) is 0 Å². The predicted octanol–water partition coefficient (Wildman–Crippen LogP) is 3.53. The van der Waals surface area contributed by atoms with Crippen LogP contribution in [0.3, 0.4) is 0 Å². The summed E-state index contributed by atoms with van der Waals surface area (Å²) >= 11 is 5.05. The summed E-state index contributed by atoms with van der Waals surface area (Å²) in [6.07, 6.45) is 2.95. The molecule has 72 valence electrons. The minimum Gasteiger partial charge on any atom is -0.243 e. The average molecular weight is 269 g/mol. The average Bonchev–Trinajstić information content (AvgIpc) is 2.66. The van der Waals surface area contributed by atoms with Gasteiger partial charge in [0.15, 0.2) is 0 Å². The van der Waals surface area contributed by atoms with Crippen molar-refractivity contribution in [1.82, 2.24) is 9.97 Å². The normalized spacial score (nSPS) is 10.4. The number of aromatic nitrogens is 2. The fourth-order valence-corrected chi connectivity index (χ4v) is 2.28. The Bertz CT molecular complexity index is 439. The lowest BCUT2D eigenvalue weighted by Crippen LogP contribution is -1.81. The molecule has 2 nitrogen and oxygen atoms in total. The number of pyridine rings is 1. The third kappa shape index (κ3) is 2.01. The second kappa shape index (κ2) is 4.19. The quantitative estimate of drug-likeness (QED) is 0.779. The summed E-state index contributed by atoms with van der Waals surface area (Å²) in [6, 6.07) is 5.86. The highest BCUT2D eigenvalue weighted by Gasteiger charge is 2.04. The molecule has 2 rings (SSSR count). The van der Waals surface area contributed by atoms with Crippen LogP contribution >= 0.6 is 27.3 Å². The van der Waals surface area contributed by atoms with E-state index in [1.54, 1.807) is 11.3 Å². The van der Waals surface area contributed by atoms with Crippen molar-refractivity contribution in [2.24, 2.45) is 0 Å². The summed E-state index contributed by atoms with van der Waals surface area (Å²) < 4.78 is 0.850. The SMILES string of the molecule is CCc1cnc(-c2cccc(Br)n2)s1. The molecule has 0 saturated carbocycles. The van der Waals surface area contributed by atoms with Crippen LogP contribution in [0.25, 0.3) is 10.7 Å². The van der Waals surface area contributed by atoms with Crippen molar-refractivity contribution >= 4 is 27.3 Å². The van der Waals surface area contributed by atoms with Gasteiger partial charge in [0.05, 0.1) is 0 Å². The Labute approximate surface area is 95.2 Å². The van der Waals surface area contributed by atoms with Crippen molar-refractivity contribution in [2.45, 2.75) is 13.3 Å². The molecule has 0 aliphatic rings. The fourth-order valence-electron chi connectivity index (χ4n) is 1.12. The van der Waals surface area contributed by atoms with Gasteiger partial charge in [0.25, 0.3) is 0 Å². The predicted molar refractivity (Wildman–Crippen MR) is 62.4 cm³/mol. The Morgan fingerprint density at radius 1 is 1.43 bits per heavy atom. The van der Waals surface area contributed by atoms with Gasteiger partial charge in [-0.15, -0.1) is 11.3 Å². The molecule has 0 saturated heterocycles. The zero-order valence-electron chi connectivity index (χ0n) is 7.70. The first-order chi connectivity index (χ1) is 6.79. The molecule has 0 aromatic carbocycles. The summed E-state index contributed by atoms with van der Waals surface area (Å²) in [5, 5.41) is 0.989. The Balaban J connectivity index is 2.39. The van der Waals surface area contributed by atoms with Crippen molar-refractivity contribution in [1.29, 1.82) is 0 Å². The van der Waals surface area contributed by atoms with Gasteiger partial charge in [-0.2, -0.15) is 0 Å². The van der Waals surface area contributed by atoms with Gasteiger partial charge in [-0.25, -0.2) is 9.97 Å². The zero-order valence-corrected chi connectivity index (χ0v) is 10.1. The van der Waals surface area contributed by atoms with Gasteiger partial charge in [-0.3, -0.25) is 0 Å². The zero-order chi connectivity index (χ0) is 9.97. The smallest absolute Gasteiger partial charge is 0.142 e. The van der Waals surface area contributed by atoms with Crippen LogP contribution in [0.4, 0.5) is 0 Å². The molecule has 0 radical (unpaired) electrons. The van der Waals surface area contributed by atoms with Gasteiger partial charge in [-0.1, -0.05) is 13.0 Å². The standard InChI is InChI=1S/C10H9BrN2S/c1-2-7-6-12-10(14-7)8-4-3-5-9(11)13-8/h3-6H,2H2,1H3. The monoisotopic (exact) mass is 268 g/mol. The third-order valence-electron chi connectivity index (χ3n) is 1.84. The van der Waals surface area contributed by atoms with E-state index in [9.17, 15) is 0 Å². The van der Waals surface area contributed by atoms with Gasteiger partial charge < -0.3 is 0 Å². The number of thiazole rings is 1. The topological polar surface area (TPSA) is 25.8 Å². The minimum atomic E-state index is 0.850.